The van der Waals surface area contributed by atoms with Crippen molar-refractivity contribution in [2.24, 2.45) is 0 Å². The fourth-order valence-electron chi connectivity index (χ4n) is 3.61. The Kier molecular flexibility index (Phi) is 4.89. The zero-order valence-corrected chi connectivity index (χ0v) is 16.8. The predicted octanol–water partition coefficient (Wildman–Crippen LogP) is 4.38. The lowest BCUT2D eigenvalue weighted by Gasteiger charge is -2.35. The SMILES string of the molecule is COc1cc(C)ccc1-c1nnc(NC2CCC(C)(C)OC2)c2cnccc12. The van der Waals surface area contributed by atoms with Crippen molar-refractivity contribution >= 4 is 16.6 Å². The molecular weight excluding hydrogens is 352 g/mol. The van der Waals surface area contributed by atoms with Crippen LogP contribution in [0.25, 0.3) is 22.0 Å². The molecule has 6 nitrogen and oxygen atoms in total. The maximum Gasteiger partial charge on any atom is 0.158 e. The Labute approximate surface area is 165 Å². The van der Waals surface area contributed by atoms with Gasteiger partial charge in [-0.3, -0.25) is 4.98 Å². The molecule has 0 amide bonds. The number of benzene rings is 1. The molecule has 2 aromatic heterocycles. The van der Waals surface area contributed by atoms with Crippen LogP contribution in [0.1, 0.15) is 32.3 Å². The molecular formula is C22H26N4O2. The second-order valence-corrected chi connectivity index (χ2v) is 7.97. The van der Waals surface area contributed by atoms with E-state index in [2.05, 4.69) is 40.4 Å². The molecule has 0 saturated carbocycles. The van der Waals surface area contributed by atoms with Gasteiger partial charge in [-0.05, 0) is 57.4 Å². The van der Waals surface area contributed by atoms with E-state index >= 15 is 0 Å². The van der Waals surface area contributed by atoms with E-state index in [1.165, 1.54) is 0 Å². The molecule has 3 heterocycles. The third-order valence-electron chi connectivity index (χ3n) is 5.30. The molecule has 0 spiro atoms. The van der Waals surface area contributed by atoms with Gasteiger partial charge in [0.15, 0.2) is 5.82 Å². The molecule has 1 aliphatic heterocycles. The smallest absolute Gasteiger partial charge is 0.158 e. The number of methoxy groups -OCH3 is 1. The van der Waals surface area contributed by atoms with E-state index < -0.39 is 0 Å². The molecule has 1 N–H and O–H groups in total. The van der Waals surface area contributed by atoms with Crippen molar-refractivity contribution < 1.29 is 9.47 Å². The Bertz CT molecular complexity index is 993. The van der Waals surface area contributed by atoms with Gasteiger partial charge < -0.3 is 14.8 Å². The largest absolute Gasteiger partial charge is 0.496 e. The lowest BCUT2D eigenvalue weighted by Crippen LogP contribution is -2.40. The highest BCUT2D eigenvalue weighted by molar-refractivity contribution is 6.00. The van der Waals surface area contributed by atoms with Crippen LogP contribution >= 0.6 is 0 Å². The number of nitrogens with one attached hydrogen (secondary N) is 1. The second-order valence-electron chi connectivity index (χ2n) is 7.97. The van der Waals surface area contributed by atoms with Gasteiger partial charge in [0.2, 0.25) is 0 Å². The van der Waals surface area contributed by atoms with Crippen molar-refractivity contribution in [1.82, 2.24) is 15.2 Å². The number of hydrogen-bond acceptors (Lipinski definition) is 6. The minimum atomic E-state index is -0.0562. The van der Waals surface area contributed by atoms with Gasteiger partial charge in [0.25, 0.3) is 0 Å². The quantitative estimate of drug-likeness (QED) is 0.727. The summed E-state index contributed by atoms with van der Waals surface area (Å²) in [6.07, 6.45) is 5.66. The number of aryl methyl sites for hydroxylation is 1. The average molecular weight is 378 g/mol. The maximum absolute atomic E-state index is 5.95. The summed E-state index contributed by atoms with van der Waals surface area (Å²) < 4.78 is 11.5. The average Bonchev–Trinajstić information content (AvgIpc) is 2.70. The Morgan fingerprint density at radius 2 is 2.04 bits per heavy atom. The summed E-state index contributed by atoms with van der Waals surface area (Å²) in [4.78, 5) is 4.31. The number of rotatable bonds is 4. The minimum absolute atomic E-state index is 0.0562. The standard InChI is InChI=1S/C22H26N4O2/c1-14-5-6-17(19(11-14)27-4)20-16-8-10-23-12-18(16)21(26-25-20)24-15-7-9-22(2,3)28-13-15/h5-6,8,10-12,15H,7,9,13H2,1-4H3,(H,24,26). The molecule has 4 rings (SSSR count). The van der Waals surface area contributed by atoms with Crippen molar-refractivity contribution in [3.8, 4) is 17.0 Å². The summed E-state index contributed by atoms with van der Waals surface area (Å²) in [5.74, 6) is 1.53. The Hall–Kier alpha value is -2.73. The first-order chi connectivity index (χ1) is 13.5. The van der Waals surface area contributed by atoms with Crippen LogP contribution in [-0.2, 0) is 4.74 Å². The fraction of sp³-hybridized carbons (Fsp3) is 0.409. The number of fused-ring (bicyclic) bond motifs is 1. The van der Waals surface area contributed by atoms with Gasteiger partial charge in [0, 0.05) is 28.7 Å². The van der Waals surface area contributed by atoms with Gasteiger partial charge in [0.1, 0.15) is 11.4 Å². The molecule has 1 fully saturated rings. The molecule has 0 radical (unpaired) electrons. The molecule has 3 aromatic rings. The second kappa shape index (κ2) is 7.36. The maximum atomic E-state index is 5.95. The minimum Gasteiger partial charge on any atom is -0.496 e. The highest BCUT2D eigenvalue weighted by atomic mass is 16.5. The van der Waals surface area contributed by atoms with Gasteiger partial charge in [-0.2, -0.15) is 0 Å². The lowest BCUT2D eigenvalue weighted by molar-refractivity contribution is -0.0563. The van der Waals surface area contributed by atoms with E-state index in [4.69, 9.17) is 9.47 Å². The van der Waals surface area contributed by atoms with Crippen LogP contribution in [0.5, 0.6) is 5.75 Å². The summed E-state index contributed by atoms with van der Waals surface area (Å²) >= 11 is 0. The van der Waals surface area contributed by atoms with Crippen LogP contribution < -0.4 is 10.1 Å². The first kappa shape index (κ1) is 18.6. The number of pyridine rings is 1. The van der Waals surface area contributed by atoms with Gasteiger partial charge in [0.05, 0.1) is 25.4 Å². The summed E-state index contributed by atoms with van der Waals surface area (Å²) in [6.45, 7) is 6.96. The van der Waals surface area contributed by atoms with Crippen molar-refractivity contribution in [1.29, 1.82) is 0 Å². The molecule has 1 atom stereocenters. The Morgan fingerprint density at radius 1 is 1.18 bits per heavy atom. The first-order valence-electron chi connectivity index (χ1n) is 9.63. The van der Waals surface area contributed by atoms with Gasteiger partial charge in [-0.1, -0.05) is 6.07 Å². The number of ether oxygens (including phenoxy) is 2. The van der Waals surface area contributed by atoms with Crippen LogP contribution in [0.15, 0.2) is 36.7 Å². The summed E-state index contributed by atoms with van der Waals surface area (Å²) in [6, 6.07) is 8.29. The predicted molar refractivity (Wildman–Crippen MR) is 111 cm³/mol. The topological polar surface area (TPSA) is 69.2 Å². The molecule has 1 aromatic carbocycles. The highest BCUT2D eigenvalue weighted by Gasteiger charge is 2.28. The van der Waals surface area contributed by atoms with Gasteiger partial charge in [-0.15, -0.1) is 10.2 Å². The number of nitrogens with zero attached hydrogens (tertiary/aromatic N) is 3. The normalized spacial score (nSPS) is 18.8. The third-order valence-corrected chi connectivity index (χ3v) is 5.30. The monoisotopic (exact) mass is 378 g/mol. The number of hydrogen-bond donors (Lipinski definition) is 1. The van der Waals surface area contributed by atoms with Crippen molar-refractivity contribution in [3.05, 3.63) is 42.2 Å². The van der Waals surface area contributed by atoms with Crippen LogP contribution in [0, 0.1) is 6.92 Å². The molecule has 1 unspecified atom stereocenters. The number of aromatic nitrogens is 3. The van der Waals surface area contributed by atoms with E-state index in [0.29, 0.717) is 6.61 Å². The van der Waals surface area contributed by atoms with Crippen molar-refractivity contribution in [2.75, 3.05) is 19.0 Å². The Balaban J connectivity index is 1.72. The van der Waals surface area contributed by atoms with Crippen LogP contribution in [0.2, 0.25) is 0 Å². The van der Waals surface area contributed by atoms with Crippen LogP contribution in [0.4, 0.5) is 5.82 Å². The molecule has 0 bridgehead atoms. The fourth-order valence-corrected chi connectivity index (χ4v) is 3.61. The molecule has 1 saturated heterocycles. The molecule has 0 aliphatic carbocycles. The van der Waals surface area contributed by atoms with Gasteiger partial charge in [-0.25, -0.2) is 0 Å². The third kappa shape index (κ3) is 3.64. The van der Waals surface area contributed by atoms with Crippen LogP contribution in [-0.4, -0.2) is 40.5 Å². The van der Waals surface area contributed by atoms with Crippen LogP contribution in [0.3, 0.4) is 0 Å². The van der Waals surface area contributed by atoms with E-state index in [0.717, 1.165) is 52.0 Å². The molecule has 146 valence electrons. The zero-order valence-electron chi connectivity index (χ0n) is 16.8. The van der Waals surface area contributed by atoms with Crippen molar-refractivity contribution in [3.63, 3.8) is 0 Å². The molecule has 28 heavy (non-hydrogen) atoms. The van der Waals surface area contributed by atoms with E-state index in [-0.39, 0.29) is 11.6 Å². The van der Waals surface area contributed by atoms with E-state index in [1.54, 1.807) is 13.3 Å². The van der Waals surface area contributed by atoms with Gasteiger partial charge >= 0.3 is 0 Å². The first-order valence-corrected chi connectivity index (χ1v) is 9.63. The Morgan fingerprint density at radius 3 is 2.79 bits per heavy atom. The molecule has 1 aliphatic rings. The zero-order chi connectivity index (χ0) is 19.7. The highest BCUT2D eigenvalue weighted by Crippen LogP contribution is 2.35. The molecule has 6 heteroatoms. The number of anilines is 1. The van der Waals surface area contributed by atoms with E-state index in [9.17, 15) is 0 Å². The summed E-state index contributed by atoms with van der Waals surface area (Å²) in [5.41, 5.74) is 2.80. The summed E-state index contributed by atoms with van der Waals surface area (Å²) in [7, 11) is 1.68. The summed E-state index contributed by atoms with van der Waals surface area (Å²) in [5, 5.41) is 14.5. The lowest BCUT2D eigenvalue weighted by atomic mass is 9.95. The van der Waals surface area contributed by atoms with Crippen molar-refractivity contribution in [2.45, 2.75) is 45.3 Å². The van der Waals surface area contributed by atoms with E-state index in [1.807, 2.05) is 31.3 Å².